The van der Waals surface area contributed by atoms with Crippen LogP contribution in [0, 0.1) is 0 Å². The minimum absolute atomic E-state index is 0.899. The van der Waals surface area contributed by atoms with Crippen LogP contribution in [0.1, 0.15) is 0 Å². The monoisotopic (exact) mass is 720 g/mol. The summed E-state index contributed by atoms with van der Waals surface area (Å²) in [5.74, 6) is 0. The highest BCUT2D eigenvalue weighted by Crippen LogP contribution is 2.42. The molecule has 8 aromatic carbocycles. The predicted octanol–water partition coefficient (Wildman–Crippen LogP) is 13.4. The molecule has 11 rings (SSSR count). The molecule has 0 aliphatic heterocycles. The third-order valence-electron chi connectivity index (χ3n) is 10.7. The molecule has 0 aliphatic carbocycles. The van der Waals surface area contributed by atoms with Gasteiger partial charge in [-0.3, -0.25) is 0 Å². The Morgan fingerprint density at radius 1 is 0.327 bits per heavy atom. The largest absolute Gasteiger partial charge is 0.309 e. The molecule has 0 amide bonds. The molecule has 0 bridgehead atoms. The van der Waals surface area contributed by atoms with Crippen LogP contribution in [0.4, 0.5) is 0 Å². The van der Waals surface area contributed by atoms with Gasteiger partial charge in [0, 0.05) is 44.0 Å². The second kappa shape index (κ2) is 12.8. The minimum atomic E-state index is 0.899. The maximum atomic E-state index is 4.84. The summed E-state index contributed by atoms with van der Waals surface area (Å²) in [5, 5.41) is 16.2. The molecule has 0 aliphatic rings. The van der Waals surface area contributed by atoms with E-state index in [9.17, 15) is 0 Å². The lowest BCUT2D eigenvalue weighted by Crippen LogP contribution is -1.94. The first-order chi connectivity index (χ1) is 27.3. The van der Waals surface area contributed by atoms with Crippen molar-refractivity contribution < 1.29 is 0 Å². The number of fused-ring (bicyclic) bond motifs is 6. The third-order valence-corrected chi connectivity index (χ3v) is 11.7. The van der Waals surface area contributed by atoms with Gasteiger partial charge in [-0.2, -0.15) is 0 Å². The molecule has 0 unspecified atom stereocenters. The molecule has 0 fully saturated rings. The Hall–Kier alpha value is -7.08. The van der Waals surface area contributed by atoms with Crippen LogP contribution >= 0.6 is 11.3 Å². The molecular weight excluding hydrogens is 689 g/mol. The smallest absolute Gasteiger partial charge is 0.148 e. The van der Waals surface area contributed by atoms with E-state index < -0.39 is 0 Å². The summed E-state index contributed by atoms with van der Waals surface area (Å²) >= 11 is 1.65. The molecule has 0 saturated carbocycles. The quantitative estimate of drug-likeness (QED) is 0.171. The van der Waals surface area contributed by atoms with Crippen molar-refractivity contribution in [3.8, 4) is 54.8 Å². The Balaban J connectivity index is 1.02. The lowest BCUT2D eigenvalue weighted by Gasteiger charge is -2.10. The predicted molar refractivity (Wildman–Crippen MR) is 230 cm³/mol. The first kappa shape index (κ1) is 31.4. The van der Waals surface area contributed by atoms with Crippen molar-refractivity contribution in [1.82, 2.24) is 19.3 Å². The Kier molecular flexibility index (Phi) is 7.32. The zero-order valence-corrected chi connectivity index (χ0v) is 30.5. The van der Waals surface area contributed by atoms with E-state index in [0.717, 1.165) is 49.1 Å². The molecular formula is C50H32N4S. The van der Waals surface area contributed by atoms with Gasteiger partial charge >= 0.3 is 0 Å². The first-order valence-electron chi connectivity index (χ1n) is 18.5. The number of aromatic nitrogens is 4. The third kappa shape index (κ3) is 5.20. The van der Waals surface area contributed by atoms with E-state index in [1.807, 2.05) is 0 Å². The summed E-state index contributed by atoms with van der Waals surface area (Å²) in [4.78, 5) is 0. The molecule has 55 heavy (non-hydrogen) atoms. The molecule has 0 saturated heterocycles. The van der Waals surface area contributed by atoms with Crippen LogP contribution in [-0.2, 0) is 0 Å². The number of hydrogen-bond acceptors (Lipinski definition) is 3. The Labute approximate surface area is 321 Å². The summed E-state index contributed by atoms with van der Waals surface area (Å²) in [6, 6.07) is 69.3. The maximum Gasteiger partial charge on any atom is 0.148 e. The van der Waals surface area contributed by atoms with Gasteiger partial charge in [0.05, 0.1) is 22.1 Å². The van der Waals surface area contributed by atoms with Gasteiger partial charge in [-0.1, -0.05) is 145 Å². The molecule has 3 aromatic heterocycles. The second-order valence-corrected chi connectivity index (χ2v) is 14.9. The van der Waals surface area contributed by atoms with E-state index >= 15 is 0 Å². The molecule has 0 atom stereocenters. The summed E-state index contributed by atoms with van der Waals surface area (Å²) < 4.78 is 4.75. The highest BCUT2D eigenvalue weighted by molar-refractivity contribution is 7.18. The Bertz CT molecular complexity index is 3210. The van der Waals surface area contributed by atoms with Gasteiger partial charge in [-0.15, -0.1) is 10.2 Å². The van der Waals surface area contributed by atoms with Crippen LogP contribution < -0.4 is 0 Å². The molecule has 4 nitrogen and oxygen atoms in total. The number of rotatable bonds is 6. The van der Waals surface area contributed by atoms with Gasteiger partial charge in [-0.25, -0.2) is 0 Å². The van der Waals surface area contributed by atoms with Gasteiger partial charge in [0.2, 0.25) is 0 Å². The minimum Gasteiger partial charge on any atom is -0.309 e. The van der Waals surface area contributed by atoms with Crippen molar-refractivity contribution in [2.45, 2.75) is 0 Å². The van der Waals surface area contributed by atoms with Gasteiger partial charge in [0.15, 0.2) is 0 Å². The van der Waals surface area contributed by atoms with Gasteiger partial charge in [0.25, 0.3) is 0 Å². The van der Waals surface area contributed by atoms with E-state index in [2.05, 4.69) is 203 Å². The Morgan fingerprint density at radius 2 is 0.836 bits per heavy atom. The fourth-order valence-corrected chi connectivity index (χ4v) is 9.09. The van der Waals surface area contributed by atoms with E-state index in [4.69, 9.17) is 10.2 Å². The molecule has 0 radical (unpaired) electrons. The summed E-state index contributed by atoms with van der Waals surface area (Å²) in [6.07, 6.45) is 0. The van der Waals surface area contributed by atoms with E-state index in [-0.39, 0.29) is 0 Å². The average molecular weight is 721 g/mol. The fourth-order valence-electron chi connectivity index (χ4n) is 8.22. The normalized spacial score (nSPS) is 11.6. The highest BCUT2D eigenvalue weighted by Gasteiger charge is 2.20. The zero-order chi connectivity index (χ0) is 36.3. The summed E-state index contributed by atoms with van der Waals surface area (Å²) in [5.41, 5.74) is 13.8. The van der Waals surface area contributed by atoms with Crippen LogP contribution in [-0.4, -0.2) is 19.3 Å². The average Bonchev–Trinajstić information content (AvgIpc) is 3.98. The van der Waals surface area contributed by atoms with Gasteiger partial charge < -0.3 is 9.13 Å². The van der Waals surface area contributed by atoms with Crippen molar-refractivity contribution in [3.05, 3.63) is 194 Å². The van der Waals surface area contributed by atoms with Crippen molar-refractivity contribution in [1.29, 1.82) is 0 Å². The maximum absolute atomic E-state index is 4.84. The standard InChI is InChI=1S/C50H32N4S/c1-3-14-33(15-4-1)35-18-11-20-38(30-35)53-44-25-9-7-22-40(44)43-32-37(28-29-46(43)53)49-51-52-50(55-49)42-24-13-27-47-48(42)41-23-8-10-26-45(41)54(47)39-21-12-19-36(31-39)34-16-5-2-6-17-34/h1-32H. The second-order valence-electron chi connectivity index (χ2n) is 13.9. The molecule has 258 valence electrons. The van der Waals surface area contributed by atoms with Gasteiger partial charge in [-0.05, 0) is 82.9 Å². The summed E-state index contributed by atoms with van der Waals surface area (Å²) in [6.45, 7) is 0. The van der Waals surface area contributed by atoms with Crippen LogP contribution in [0.5, 0.6) is 0 Å². The van der Waals surface area contributed by atoms with Crippen molar-refractivity contribution in [2.24, 2.45) is 0 Å². The van der Waals surface area contributed by atoms with Crippen LogP contribution in [0.3, 0.4) is 0 Å². The van der Waals surface area contributed by atoms with E-state index in [0.29, 0.717) is 0 Å². The van der Waals surface area contributed by atoms with Crippen molar-refractivity contribution in [2.75, 3.05) is 0 Å². The number of nitrogens with zero attached hydrogens (tertiary/aromatic N) is 4. The highest BCUT2D eigenvalue weighted by atomic mass is 32.1. The molecule has 3 heterocycles. The zero-order valence-electron chi connectivity index (χ0n) is 29.7. The van der Waals surface area contributed by atoms with Crippen LogP contribution in [0.2, 0.25) is 0 Å². The topological polar surface area (TPSA) is 35.6 Å². The summed E-state index contributed by atoms with van der Waals surface area (Å²) in [7, 11) is 0. The van der Waals surface area contributed by atoms with Crippen LogP contribution in [0.25, 0.3) is 98.4 Å². The van der Waals surface area contributed by atoms with E-state index in [1.165, 1.54) is 49.3 Å². The lowest BCUT2D eigenvalue weighted by molar-refractivity contribution is 1.10. The molecule has 0 spiro atoms. The molecule has 11 aromatic rings. The molecule has 5 heteroatoms. The Morgan fingerprint density at radius 3 is 1.53 bits per heavy atom. The van der Waals surface area contributed by atoms with E-state index in [1.54, 1.807) is 11.3 Å². The van der Waals surface area contributed by atoms with Crippen molar-refractivity contribution in [3.63, 3.8) is 0 Å². The van der Waals surface area contributed by atoms with Crippen molar-refractivity contribution >= 4 is 54.9 Å². The SMILES string of the molecule is c1ccc(-c2cccc(-n3c4ccccc4c4cc(-c5nnc(-c6cccc7c6c6ccccc6n7-c6cccc(-c7ccccc7)c6)s5)ccc43)c2)cc1. The first-order valence-corrected chi connectivity index (χ1v) is 19.3. The molecule has 0 N–H and O–H groups in total. The lowest BCUT2D eigenvalue weighted by atomic mass is 10.1. The number of benzene rings is 8. The number of para-hydroxylation sites is 2. The van der Waals surface area contributed by atoms with Crippen LogP contribution in [0.15, 0.2) is 194 Å². The van der Waals surface area contributed by atoms with Gasteiger partial charge in [0.1, 0.15) is 10.0 Å². The fraction of sp³-hybridized carbons (Fsp3) is 0. The number of hydrogen-bond donors (Lipinski definition) is 0.